The van der Waals surface area contributed by atoms with Crippen LogP contribution < -0.4 is 0 Å². The highest BCUT2D eigenvalue weighted by Gasteiger charge is 2.34. The molecule has 4 nitrogen and oxygen atoms in total. The highest BCUT2D eigenvalue weighted by atomic mass is 16.6. The molecule has 3 rings (SSSR count). The maximum atomic E-state index is 11.9. The van der Waals surface area contributed by atoms with E-state index in [1.54, 1.807) is 4.90 Å². The highest BCUT2D eigenvalue weighted by Crippen LogP contribution is 2.28. The zero-order chi connectivity index (χ0) is 14.3. The molecule has 1 aliphatic rings. The van der Waals surface area contributed by atoms with Crippen LogP contribution in [0.5, 0.6) is 0 Å². The Morgan fingerprint density at radius 2 is 1.90 bits per heavy atom. The Morgan fingerprint density at radius 1 is 1.20 bits per heavy atom. The van der Waals surface area contributed by atoms with E-state index < -0.39 is 5.60 Å². The second-order valence-corrected chi connectivity index (χ2v) is 6.32. The Bertz CT molecular complexity index is 633. The van der Waals surface area contributed by atoms with Gasteiger partial charge in [-0.25, -0.2) is 4.79 Å². The van der Waals surface area contributed by atoms with Gasteiger partial charge in [0.05, 0.1) is 6.04 Å². The minimum atomic E-state index is -0.428. The molecule has 4 heteroatoms. The lowest BCUT2D eigenvalue weighted by Gasteiger charge is -2.40. The first kappa shape index (κ1) is 13.0. The van der Waals surface area contributed by atoms with Crippen LogP contribution in [0.4, 0.5) is 4.79 Å². The number of amides is 1. The molecule has 1 aromatic carbocycles. The van der Waals surface area contributed by atoms with Crippen molar-refractivity contribution in [2.45, 2.75) is 32.4 Å². The number of ether oxygens (including phenoxy) is 1. The van der Waals surface area contributed by atoms with Crippen LogP contribution in [-0.2, 0) is 4.74 Å². The molecule has 1 aromatic heterocycles. The summed E-state index contributed by atoms with van der Waals surface area (Å²) in [5.74, 6) is 0. The van der Waals surface area contributed by atoms with Crippen LogP contribution in [0, 0.1) is 0 Å². The van der Waals surface area contributed by atoms with Gasteiger partial charge in [-0.05, 0) is 38.3 Å². The molecule has 1 amide bonds. The third-order valence-electron chi connectivity index (χ3n) is 3.54. The van der Waals surface area contributed by atoms with E-state index in [0.717, 1.165) is 0 Å². The lowest BCUT2D eigenvalue weighted by molar-refractivity contribution is 0.00158. The van der Waals surface area contributed by atoms with E-state index in [1.807, 2.05) is 32.9 Å². The van der Waals surface area contributed by atoms with Gasteiger partial charge >= 0.3 is 6.09 Å². The van der Waals surface area contributed by atoms with Crippen LogP contribution in [0.1, 0.15) is 26.8 Å². The zero-order valence-corrected chi connectivity index (χ0v) is 12.2. The second-order valence-electron chi connectivity index (χ2n) is 6.32. The second kappa shape index (κ2) is 4.54. The first-order chi connectivity index (χ1) is 9.44. The van der Waals surface area contributed by atoms with Crippen LogP contribution in [-0.4, -0.2) is 34.3 Å². The first-order valence-electron chi connectivity index (χ1n) is 6.97. The van der Waals surface area contributed by atoms with Crippen molar-refractivity contribution in [3.63, 3.8) is 0 Å². The Hall–Kier alpha value is -1.97. The Kier molecular flexibility index (Phi) is 2.96. The van der Waals surface area contributed by atoms with Gasteiger partial charge in [-0.3, -0.25) is 0 Å². The summed E-state index contributed by atoms with van der Waals surface area (Å²) in [6.07, 6.45) is 1.88. The van der Waals surface area contributed by atoms with Gasteiger partial charge in [0, 0.05) is 24.8 Å². The van der Waals surface area contributed by atoms with Gasteiger partial charge in [-0.15, -0.1) is 0 Å². The topological polar surface area (TPSA) is 34.5 Å². The number of likely N-dealkylation sites (tertiary alicyclic amines) is 1. The van der Waals surface area contributed by atoms with Crippen LogP contribution in [0.3, 0.4) is 0 Å². The lowest BCUT2D eigenvalue weighted by atomic mass is 10.1. The maximum Gasteiger partial charge on any atom is 0.410 e. The monoisotopic (exact) mass is 272 g/mol. The summed E-state index contributed by atoms with van der Waals surface area (Å²) in [5, 5.41) is 1.24. The SMILES string of the molecule is CC(C)(C)OC(=O)N1CC(n2ccc3ccccc32)C1. The van der Waals surface area contributed by atoms with E-state index in [2.05, 4.69) is 29.0 Å². The minimum absolute atomic E-state index is 0.217. The quantitative estimate of drug-likeness (QED) is 0.797. The summed E-state index contributed by atoms with van der Waals surface area (Å²) in [6, 6.07) is 10.8. The third-order valence-corrected chi connectivity index (χ3v) is 3.54. The minimum Gasteiger partial charge on any atom is -0.444 e. The number of hydrogen-bond donors (Lipinski definition) is 0. The fourth-order valence-electron chi connectivity index (χ4n) is 2.53. The standard InChI is InChI=1S/C16H20N2O2/c1-16(2,3)20-15(19)17-10-13(11-17)18-9-8-12-6-4-5-7-14(12)18/h4-9,13H,10-11H2,1-3H3. The van der Waals surface area contributed by atoms with Crippen LogP contribution in [0.25, 0.3) is 10.9 Å². The molecule has 2 heterocycles. The summed E-state index contributed by atoms with van der Waals surface area (Å²) < 4.78 is 7.62. The van der Waals surface area contributed by atoms with Gasteiger partial charge in [0.2, 0.25) is 0 Å². The van der Waals surface area contributed by atoms with Gasteiger partial charge in [-0.1, -0.05) is 18.2 Å². The summed E-state index contributed by atoms with van der Waals surface area (Å²) in [4.78, 5) is 13.7. The number of aromatic nitrogens is 1. The smallest absolute Gasteiger partial charge is 0.410 e. The molecule has 20 heavy (non-hydrogen) atoms. The molecule has 106 valence electrons. The summed E-state index contributed by atoms with van der Waals surface area (Å²) in [5.41, 5.74) is 0.795. The van der Waals surface area contributed by atoms with Gasteiger partial charge in [0.25, 0.3) is 0 Å². The van der Waals surface area contributed by atoms with Crippen molar-refractivity contribution < 1.29 is 9.53 Å². The maximum absolute atomic E-state index is 11.9. The number of benzene rings is 1. The van der Waals surface area contributed by atoms with E-state index in [4.69, 9.17) is 4.74 Å². The van der Waals surface area contributed by atoms with Gasteiger partial charge in [0.1, 0.15) is 5.60 Å². The number of rotatable bonds is 1. The summed E-state index contributed by atoms with van der Waals surface area (Å²) in [6.45, 7) is 7.10. The van der Waals surface area contributed by atoms with E-state index >= 15 is 0 Å². The molecule has 0 saturated carbocycles. The van der Waals surface area contributed by atoms with Crippen LogP contribution in [0.15, 0.2) is 36.5 Å². The van der Waals surface area contributed by atoms with E-state index in [-0.39, 0.29) is 6.09 Å². The van der Waals surface area contributed by atoms with Crippen molar-refractivity contribution in [1.82, 2.24) is 9.47 Å². The van der Waals surface area contributed by atoms with Gasteiger partial charge in [-0.2, -0.15) is 0 Å². The van der Waals surface area contributed by atoms with Crippen molar-refractivity contribution in [3.8, 4) is 0 Å². The first-order valence-corrected chi connectivity index (χ1v) is 6.97. The predicted molar refractivity (Wildman–Crippen MR) is 78.8 cm³/mol. The Morgan fingerprint density at radius 3 is 2.60 bits per heavy atom. The fraction of sp³-hybridized carbons (Fsp3) is 0.438. The summed E-state index contributed by atoms with van der Waals surface area (Å²) >= 11 is 0. The number of carbonyl (C=O) groups is 1. The van der Waals surface area contributed by atoms with Crippen molar-refractivity contribution in [3.05, 3.63) is 36.5 Å². The van der Waals surface area contributed by atoms with Gasteiger partial charge < -0.3 is 14.2 Å². The number of nitrogens with zero attached hydrogens (tertiary/aromatic N) is 2. The number of carbonyl (C=O) groups excluding carboxylic acids is 1. The molecule has 0 bridgehead atoms. The normalized spacial score (nSPS) is 16.2. The largest absolute Gasteiger partial charge is 0.444 e. The van der Waals surface area contributed by atoms with E-state index in [9.17, 15) is 4.79 Å². The average molecular weight is 272 g/mol. The molecule has 0 unspecified atom stereocenters. The molecule has 0 atom stereocenters. The molecule has 1 aliphatic heterocycles. The van der Waals surface area contributed by atoms with Crippen molar-refractivity contribution in [2.75, 3.05) is 13.1 Å². The molecule has 2 aromatic rings. The van der Waals surface area contributed by atoms with E-state index in [0.29, 0.717) is 19.1 Å². The average Bonchev–Trinajstić information content (AvgIpc) is 2.69. The number of fused-ring (bicyclic) bond motifs is 1. The molecule has 0 aliphatic carbocycles. The summed E-state index contributed by atoms with van der Waals surface area (Å²) in [7, 11) is 0. The Labute approximate surface area is 118 Å². The van der Waals surface area contributed by atoms with Crippen LogP contribution in [0.2, 0.25) is 0 Å². The van der Waals surface area contributed by atoms with E-state index in [1.165, 1.54) is 10.9 Å². The fourth-order valence-corrected chi connectivity index (χ4v) is 2.53. The Balaban J connectivity index is 1.67. The number of para-hydroxylation sites is 1. The molecule has 0 spiro atoms. The van der Waals surface area contributed by atoms with Crippen LogP contribution >= 0.6 is 0 Å². The lowest BCUT2D eigenvalue weighted by Crippen LogP contribution is -2.52. The van der Waals surface area contributed by atoms with Crippen molar-refractivity contribution in [1.29, 1.82) is 0 Å². The van der Waals surface area contributed by atoms with Gasteiger partial charge in [0.15, 0.2) is 0 Å². The molecule has 1 saturated heterocycles. The van der Waals surface area contributed by atoms with Crippen molar-refractivity contribution >= 4 is 17.0 Å². The highest BCUT2D eigenvalue weighted by molar-refractivity contribution is 5.80. The molecule has 1 fully saturated rings. The molecular formula is C16H20N2O2. The molecular weight excluding hydrogens is 252 g/mol. The predicted octanol–water partition coefficient (Wildman–Crippen LogP) is 3.43. The zero-order valence-electron chi connectivity index (χ0n) is 12.2. The van der Waals surface area contributed by atoms with Crippen molar-refractivity contribution in [2.24, 2.45) is 0 Å². The third kappa shape index (κ3) is 2.38. The molecule has 0 radical (unpaired) electrons. The number of hydrogen-bond acceptors (Lipinski definition) is 2. The molecule has 0 N–H and O–H groups in total.